The van der Waals surface area contributed by atoms with Crippen molar-refractivity contribution in [1.29, 1.82) is 0 Å². The van der Waals surface area contributed by atoms with Gasteiger partial charge in [0.25, 0.3) is 5.91 Å². The van der Waals surface area contributed by atoms with Gasteiger partial charge in [-0.1, -0.05) is 0 Å². The molecule has 6 rings (SSSR count). The number of morpholine rings is 1. The van der Waals surface area contributed by atoms with Crippen molar-refractivity contribution >= 4 is 22.9 Å². The molecule has 4 aliphatic rings. The molecule has 30 heavy (non-hydrogen) atoms. The maximum Gasteiger partial charge on any atom is 0.251 e. The molecule has 0 unspecified atom stereocenters. The highest BCUT2D eigenvalue weighted by Gasteiger charge is 2.40. The van der Waals surface area contributed by atoms with Crippen molar-refractivity contribution in [2.24, 2.45) is 5.92 Å². The van der Waals surface area contributed by atoms with Crippen LogP contribution in [0.3, 0.4) is 0 Å². The highest BCUT2D eigenvalue weighted by molar-refractivity contribution is 7.12. The van der Waals surface area contributed by atoms with Gasteiger partial charge >= 0.3 is 0 Å². The quantitative estimate of drug-likeness (QED) is 0.790. The molecule has 0 radical (unpaired) electrons. The zero-order chi connectivity index (χ0) is 20.5. The van der Waals surface area contributed by atoms with E-state index in [-0.39, 0.29) is 11.9 Å². The largest absolute Gasteiger partial charge is 0.447 e. The molecule has 4 saturated heterocycles. The van der Waals surface area contributed by atoms with E-state index >= 15 is 0 Å². The Labute approximate surface area is 181 Å². The Hall–Kier alpha value is -2.09. The lowest BCUT2D eigenvalue weighted by Gasteiger charge is -2.49. The second-order valence-corrected chi connectivity index (χ2v) is 9.34. The van der Waals surface area contributed by atoms with Crippen molar-refractivity contribution in [3.05, 3.63) is 41.3 Å². The van der Waals surface area contributed by atoms with Crippen LogP contribution < -0.4 is 15.0 Å². The number of ether oxygens (including phenoxy) is 2. The molecule has 1 aromatic carbocycles. The molecule has 2 atom stereocenters. The molecule has 2 bridgehead atoms. The van der Waals surface area contributed by atoms with Gasteiger partial charge in [0.2, 0.25) is 0 Å². The third-order valence-corrected chi connectivity index (χ3v) is 7.54. The van der Waals surface area contributed by atoms with E-state index in [1.807, 2.05) is 24.3 Å². The third-order valence-electron chi connectivity index (χ3n) is 6.75. The molecule has 1 aromatic heterocycles. The number of piperidine rings is 3. The van der Waals surface area contributed by atoms with E-state index in [2.05, 4.69) is 33.5 Å². The SMILES string of the molecule is C[C@H]1[C@H](NC(=O)c2ccc(Oc3cc(N4CCOCC4)cs3)cc2)C2CCN1CC2. The molecule has 1 N–H and O–H groups in total. The van der Waals surface area contributed by atoms with Crippen molar-refractivity contribution < 1.29 is 14.3 Å². The maximum absolute atomic E-state index is 12.8. The number of anilines is 1. The minimum atomic E-state index is 0.0119. The lowest BCUT2D eigenvalue weighted by atomic mass is 9.79. The molecule has 0 spiro atoms. The Kier molecular flexibility index (Phi) is 5.67. The van der Waals surface area contributed by atoms with Crippen LogP contribution in [0.15, 0.2) is 35.7 Å². The number of nitrogens with one attached hydrogen (secondary N) is 1. The topological polar surface area (TPSA) is 54.0 Å². The van der Waals surface area contributed by atoms with Crippen LogP contribution in [0.2, 0.25) is 0 Å². The number of benzene rings is 1. The van der Waals surface area contributed by atoms with Crippen molar-refractivity contribution in [2.45, 2.75) is 31.8 Å². The van der Waals surface area contributed by atoms with Gasteiger partial charge in [-0.15, -0.1) is 11.3 Å². The monoisotopic (exact) mass is 427 g/mol. The van der Waals surface area contributed by atoms with Gasteiger partial charge < -0.3 is 19.7 Å². The third kappa shape index (κ3) is 4.06. The van der Waals surface area contributed by atoms with Crippen LogP contribution in [-0.2, 0) is 4.74 Å². The second kappa shape index (κ2) is 8.57. The average molecular weight is 428 g/mol. The van der Waals surface area contributed by atoms with E-state index in [0.29, 0.717) is 17.5 Å². The number of hydrogen-bond acceptors (Lipinski definition) is 6. The molecule has 6 nitrogen and oxygen atoms in total. The zero-order valence-corrected chi connectivity index (χ0v) is 18.2. The number of carbonyl (C=O) groups excluding carboxylic acids is 1. The predicted molar refractivity (Wildman–Crippen MR) is 119 cm³/mol. The number of nitrogens with zero attached hydrogens (tertiary/aromatic N) is 2. The fourth-order valence-corrected chi connectivity index (χ4v) is 5.71. The van der Waals surface area contributed by atoms with E-state index in [1.54, 1.807) is 11.3 Å². The highest BCUT2D eigenvalue weighted by Crippen LogP contribution is 2.34. The molecule has 4 aliphatic heterocycles. The Morgan fingerprint density at radius 1 is 1.13 bits per heavy atom. The summed E-state index contributed by atoms with van der Waals surface area (Å²) in [5.41, 5.74) is 1.87. The fraction of sp³-hybridized carbons (Fsp3) is 0.522. The van der Waals surface area contributed by atoms with Crippen LogP contribution in [0, 0.1) is 5.92 Å². The molecule has 0 saturated carbocycles. The summed E-state index contributed by atoms with van der Waals surface area (Å²) < 4.78 is 11.4. The number of thiophene rings is 1. The molecular formula is C23H29N3O3S. The van der Waals surface area contributed by atoms with E-state index in [1.165, 1.54) is 31.6 Å². The summed E-state index contributed by atoms with van der Waals surface area (Å²) in [4.78, 5) is 17.6. The van der Waals surface area contributed by atoms with E-state index < -0.39 is 0 Å². The Bertz CT molecular complexity index is 868. The van der Waals surface area contributed by atoms with Crippen molar-refractivity contribution in [3.63, 3.8) is 0 Å². The van der Waals surface area contributed by atoms with Gasteiger partial charge in [-0.3, -0.25) is 9.69 Å². The van der Waals surface area contributed by atoms with Gasteiger partial charge in [0.05, 0.1) is 18.9 Å². The van der Waals surface area contributed by atoms with Crippen LogP contribution in [0.4, 0.5) is 5.69 Å². The van der Waals surface area contributed by atoms with E-state index in [9.17, 15) is 4.79 Å². The normalized spacial score (nSPS) is 28.4. The average Bonchev–Trinajstić information content (AvgIpc) is 3.26. The molecule has 1 amide bonds. The van der Waals surface area contributed by atoms with Crippen molar-refractivity contribution in [1.82, 2.24) is 10.2 Å². The number of amides is 1. The van der Waals surface area contributed by atoms with Gasteiger partial charge in [-0.25, -0.2) is 0 Å². The first-order valence-electron chi connectivity index (χ1n) is 10.9. The molecular weight excluding hydrogens is 398 g/mol. The van der Waals surface area contributed by atoms with Gasteiger partial charge in [-0.2, -0.15) is 0 Å². The fourth-order valence-electron chi connectivity index (χ4n) is 4.92. The number of fused-ring (bicyclic) bond motifs is 3. The number of carbonyl (C=O) groups is 1. The number of rotatable bonds is 5. The lowest BCUT2D eigenvalue weighted by molar-refractivity contribution is 0.0217. The van der Waals surface area contributed by atoms with E-state index in [4.69, 9.17) is 9.47 Å². The number of hydrogen-bond donors (Lipinski definition) is 1. The minimum Gasteiger partial charge on any atom is -0.447 e. The Morgan fingerprint density at radius 3 is 2.57 bits per heavy atom. The molecule has 5 heterocycles. The predicted octanol–water partition coefficient (Wildman–Crippen LogP) is 3.59. The summed E-state index contributed by atoms with van der Waals surface area (Å²) >= 11 is 1.59. The minimum absolute atomic E-state index is 0.0119. The van der Waals surface area contributed by atoms with Crippen LogP contribution in [0.5, 0.6) is 10.8 Å². The van der Waals surface area contributed by atoms with Crippen LogP contribution in [0.1, 0.15) is 30.1 Å². The summed E-state index contributed by atoms with van der Waals surface area (Å²) in [7, 11) is 0. The van der Waals surface area contributed by atoms with Crippen LogP contribution in [0.25, 0.3) is 0 Å². The Morgan fingerprint density at radius 2 is 1.87 bits per heavy atom. The van der Waals surface area contributed by atoms with Gasteiger partial charge in [0, 0.05) is 42.2 Å². The smallest absolute Gasteiger partial charge is 0.251 e. The Balaban J connectivity index is 1.19. The standard InChI is InChI=1S/C23H29N3O3S/c1-16-22(17-6-8-25(16)9-7-17)24-23(27)18-2-4-20(5-3-18)29-21-14-19(15-30-21)26-10-12-28-13-11-26/h2-5,14-17,22H,6-13H2,1H3,(H,24,27)/t16-,22-/m0/s1. The first-order chi connectivity index (χ1) is 14.7. The van der Waals surface area contributed by atoms with Gasteiger partial charge in [-0.05, 0) is 63.0 Å². The summed E-state index contributed by atoms with van der Waals surface area (Å²) in [6.07, 6.45) is 2.38. The summed E-state index contributed by atoms with van der Waals surface area (Å²) in [5.74, 6) is 1.37. The van der Waals surface area contributed by atoms with Crippen LogP contribution >= 0.6 is 11.3 Å². The van der Waals surface area contributed by atoms with E-state index in [0.717, 1.165) is 37.1 Å². The summed E-state index contributed by atoms with van der Waals surface area (Å²) in [5, 5.41) is 6.27. The van der Waals surface area contributed by atoms with Crippen molar-refractivity contribution in [2.75, 3.05) is 44.3 Å². The maximum atomic E-state index is 12.8. The summed E-state index contributed by atoms with van der Waals surface area (Å²) in [6.45, 7) is 7.94. The zero-order valence-electron chi connectivity index (χ0n) is 17.4. The van der Waals surface area contributed by atoms with Crippen LogP contribution in [-0.4, -0.2) is 62.3 Å². The highest BCUT2D eigenvalue weighted by atomic mass is 32.1. The first kappa shape index (κ1) is 19.8. The lowest BCUT2D eigenvalue weighted by Crippen LogP contribution is -2.62. The molecule has 0 aliphatic carbocycles. The van der Waals surface area contributed by atoms with Gasteiger partial charge in [0.15, 0.2) is 5.06 Å². The first-order valence-corrected chi connectivity index (χ1v) is 11.8. The van der Waals surface area contributed by atoms with Crippen molar-refractivity contribution in [3.8, 4) is 10.8 Å². The molecule has 4 fully saturated rings. The second-order valence-electron chi connectivity index (χ2n) is 8.46. The molecule has 160 valence electrons. The molecule has 7 heteroatoms. The summed E-state index contributed by atoms with van der Waals surface area (Å²) in [6, 6.07) is 10.2. The molecule has 2 aromatic rings. The van der Waals surface area contributed by atoms with Gasteiger partial charge in [0.1, 0.15) is 5.75 Å².